The molecule has 0 aromatic heterocycles. The van der Waals surface area contributed by atoms with Crippen LogP contribution in [0.25, 0.3) is 0 Å². The highest BCUT2D eigenvalue weighted by Crippen LogP contribution is 2.29. The lowest BCUT2D eigenvalue weighted by Crippen LogP contribution is -2.36. The zero-order valence-corrected chi connectivity index (χ0v) is 8.25. The van der Waals surface area contributed by atoms with E-state index in [4.69, 9.17) is 10.5 Å². The molecule has 1 aliphatic rings. The number of nitrogens with two attached hydrogens (primary N) is 1. The molecular weight excluding hydrogens is 150 g/mol. The van der Waals surface area contributed by atoms with Gasteiger partial charge in [0.15, 0.2) is 0 Å². The molecule has 0 unspecified atom stereocenters. The Morgan fingerprint density at radius 1 is 1.33 bits per heavy atom. The Morgan fingerprint density at radius 3 is 2.42 bits per heavy atom. The van der Waals surface area contributed by atoms with Gasteiger partial charge in [-0.15, -0.1) is 0 Å². The van der Waals surface area contributed by atoms with Crippen LogP contribution in [0.1, 0.15) is 32.6 Å². The number of rotatable bonds is 3. The number of ether oxygens (including phenoxy) is 1. The fourth-order valence-corrected chi connectivity index (χ4v) is 2.04. The highest BCUT2D eigenvalue weighted by Gasteiger charge is 2.23. The molecule has 1 fully saturated rings. The topological polar surface area (TPSA) is 35.2 Å². The van der Waals surface area contributed by atoms with Gasteiger partial charge >= 0.3 is 0 Å². The first-order chi connectivity index (χ1) is 5.74. The van der Waals surface area contributed by atoms with Gasteiger partial charge in [-0.3, -0.25) is 0 Å². The van der Waals surface area contributed by atoms with Crippen molar-refractivity contribution in [2.75, 3.05) is 13.7 Å². The molecule has 1 rings (SSSR count). The van der Waals surface area contributed by atoms with E-state index in [2.05, 4.69) is 6.92 Å². The summed E-state index contributed by atoms with van der Waals surface area (Å²) in [6.07, 6.45) is 5.29. The van der Waals surface area contributed by atoms with E-state index in [1.807, 2.05) is 0 Å². The van der Waals surface area contributed by atoms with E-state index in [1.54, 1.807) is 7.11 Å². The lowest BCUT2D eigenvalue weighted by Gasteiger charge is -2.30. The van der Waals surface area contributed by atoms with Crippen molar-refractivity contribution >= 4 is 0 Å². The summed E-state index contributed by atoms with van der Waals surface area (Å²) in [6, 6.07) is 0.266. The van der Waals surface area contributed by atoms with Crippen molar-refractivity contribution in [3.05, 3.63) is 0 Å². The van der Waals surface area contributed by atoms with Gasteiger partial charge in [-0.25, -0.2) is 0 Å². The van der Waals surface area contributed by atoms with Crippen molar-refractivity contribution in [3.63, 3.8) is 0 Å². The monoisotopic (exact) mass is 171 g/mol. The Hall–Kier alpha value is -0.0800. The van der Waals surface area contributed by atoms with Gasteiger partial charge in [0.1, 0.15) is 0 Å². The predicted octanol–water partition coefficient (Wildman–Crippen LogP) is 1.79. The SMILES string of the molecule is COC[C@H](N)C1CCC(C)CC1. The first-order valence-corrected chi connectivity index (χ1v) is 4.98. The Balaban J connectivity index is 2.24. The van der Waals surface area contributed by atoms with Gasteiger partial charge in [0.05, 0.1) is 6.61 Å². The van der Waals surface area contributed by atoms with Crippen molar-refractivity contribution in [1.82, 2.24) is 0 Å². The molecule has 1 atom stereocenters. The lowest BCUT2D eigenvalue weighted by molar-refractivity contribution is 0.136. The normalized spacial score (nSPS) is 33.2. The van der Waals surface area contributed by atoms with E-state index >= 15 is 0 Å². The molecular formula is C10H21NO. The second kappa shape index (κ2) is 4.83. The van der Waals surface area contributed by atoms with Crippen LogP contribution in [0, 0.1) is 11.8 Å². The Morgan fingerprint density at radius 2 is 1.92 bits per heavy atom. The molecule has 1 saturated carbocycles. The average molecular weight is 171 g/mol. The van der Waals surface area contributed by atoms with Gasteiger partial charge in [0.25, 0.3) is 0 Å². The second-order valence-corrected chi connectivity index (χ2v) is 4.14. The number of methoxy groups -OCH3 is 1. The molecule has 1 aliphatic carbocycles. The van der Waals surface area contributed by atoms with E-state index in [9.17, 15) is 0 Å². The largest absolute Gasteiger partial charge is 0.383 e. The van der Waals surface area contributed by atoms with Crippen molar-refractivity contribution in [2.45, 2.75) is 38.6 Å². The molecule has 0 aliphatic heterocycles. The maximum atomic E-state index is 5.98. The summed E-state index contributed by atoms with van der Waals surface area (Å²) in [5.74, 6) is 1.62. The van der Waals surface area contributed by atoms with Gasteiger partial charge in [0, 0.05) is 13.2 Å². The third-order valence-corrected chi connectivity index (χ3v) is 3.03. The second-order valence-electron chi connectivity index (χ2n) is 4.14. The van der Waals surface area contributed by atoms with Crippen LogP contribution in [0.5, 0.6) is 0 Å². The molecule has 0 bridgehead atoms. The molecule has 2 nitrogen and oxygen atoms in total. The minimum absolute atomic E-state index is 0.266. The highest BCUT2D eigenvalue weighted by molar-refractivity contribution is 4.78. The maximum Gasteiger partial charge on any atom is 0.0616 e. The number of hydrogen-bond donors (Lipinski definition) is 1. The first kappa shape index (κ1) is 10.0. The summed E-state index contributed by atoms with van der Waals surface area (Å²) in [4.78, 5) is 0. The molecule has 72 valence electrons. The Bertz CT molecular complexity index is 119. The standard InChI is InChI=1S/C10H21NO/c1-8-3-5-9(6-4-8)10(11)7-12-2/h8-10H,3-7,11H2,1-2H3/t8?,9?,10-/m0/s1. The summed E-state index contributed by atoms with van der Waals surface area (Å²) >= 11 is 0. The molecule has 0 spiro atoms. The first-order valence-electron chi connectivity index (χ1n) is 4.98. The maximum absolute atomic E-state index is 5.98. The van der Waals surface area contributed by atoms with Gasteiger partial charge in [0.2, 0.25) is 0 Å². The molecule has 0 aromatic carbocycles. The molecule has 0 aromatic rings. The summed E-state index contributed by atoms with van der Waals surface area (Å²) in [5, 5.41) is 0. The van der Waals surface area contributed by atoms with E-state index < -0.39 is 0 Å². The van der Waals surface area contributed by atoms with Crippen LogP contribution in [0.4, 0.5) is 0 Å². The summed E-state index contributed by atoms with van der Waals surface area (Å²) in [5.41, 5.74) is 5.98. The number of hydrogen-bond acceptors (Lipinski definition) is 2. The van der Waals surface area contributed by atoms with Crippen molar-refractivity contribution in [3.8, 4) is 0 Å². The fourth-order valence-electron chi connectivity index (χ4n) is 2.04. The van der Waals surface area contributed by atoms with Gasteiger partial charge in [-0.2, -0.15) is 0 Å². The van der Waals surface area contributed by atoms with Gasteiger partial charge in [-0.1, -0.05) is 19.8 Å². The molecule has 12 heavy (non-hydrogen) atoms. The van der Waals surface area contributed by atoms with Crippen LogP contribution in [-0.4, -0.2) is 19.8 Å². The zero-order chi connectivity index (χ0) is 8.97. The van der Waals surface area contributed by atoms with Crippen LogP contribution in [-0.2, 0) is 4.74 Å². The van der Waals surface area contributed by atoms with Crippen LogP contribution in [0.3, 0.4) is 0 Å². The highest BCUT2D eigenvalue weighted by atomic mass is 16.5. The summed E-state index contributed by atoms with van der Waals surface area (Å²) in [7, 11) is 1.73. The minimum atomic E-state index is 0.266. The van der Waals surface area contributed by atoms with Crippen molar-refractivity contribution < 1.29 is 4.74 Å². The van der Waals surface area contributed by atoms with Crippen LogP contribution in [0.15, 0.2) is 0 Å². The summed E-state index contributed by atoms with van der Waals surface area (Å²) in [6.45, 7) is 3.05. The fraction of sp³-hybridized carbons (Fsp3) is 1.00. The predicted molar refractivity (Wildman–Crippen MR) is 51.0 cm³/mol. The van der Waals surface area contributed by atoms with Gasteiger partial charge in [-0.05, 0) is 24.7 Å². The molecule has 0 radical (unpaired) electrons. The van der Waals surface area contributed by atoms with Gasteiger partial charge < -0.3 is 10.5 Å². The van der Waals surface area contributed by atoms with Crippen molar-refractivity contribution in [2.24, 2.45) is 17.6 Å². The Kier molecular flexibility index (Phi) is 4.02. The summed E-state index contributed by atoms with van der Waals surface area (Å²) < 4.78 is 5.06. The molecule has 2 N–H and O–H groups in total. The zero-order valence-electron chi connectivity index (χ0n) is 8.25. The average Bonchev–Trinajstić information content (AvgIpc) is 2.06. The van der Waals surface area contributed by atoms with Crippen LogP contribution in [0.2, 0.25) is 0 Å². The molecule has 0 heterocycles. The lowest BCUT2D eigenvalue weighted by atomic mass is 9.80. The Labute approximate surface area is 75.5 Å². The smallest absolute Gasteiger partial charge is 0.0616 e. The third kappa shape index (κ3) is 2.76. The van der Waals surface area contributed by atoms with Crippen molar-refractivity contribution in [1.29, 1.82) is 0 Å². The molecule has 0 amide bonds. The van der Waals surface area contributed by atoms with E-state index in [0.717, 1.165) is 12.5 Å². The third-order valence-electron chi connectivity index (χ3n) is 3.03. The minimum Gasteiger partial charge on any atom is -0.383 e. The quantitative estimate of drug-likeness (QED) is 0.702. The molecule has 2 heteroatoms. The van der Waals surface area contributed by atoms with Crippen LogP contribution < -0.4 is 5.73 Å². The van der Waals surface area contributed by atoms with E-state index in [1.165, 1.54) is 25.7 Å². The molecule has 0 saturated heterocycles. The van der Waals surface area contributed by atoms with E-state index in [0.29, 0.717) is 5.92 Å². The van der Waals surface area contributed by atoms with Crippen LogP contribution >= 0.6 is 0 Å². The van der Waals surface area contributed by atoms with E-state index in [-0.39, 0.29) is 6.04 Å².